The molecule has 44 heavy (non-hydrogen) atoms. The van der Waals surface area contributed by atoms with Crippen LogP contribution >= 0.6 is 0 Å². The van der Waals surface area contributed by atoms with E-state index in [9.17, 15) is 23.9 Å². The summed E-state index contributed by atoms with van der Waals surface area (Å²) in [5.41, 5.74) is 4.21. The molecule has 0 fully saturated rings. The number of halogens is 1. The number of unbranched alkanes of at least 4 members (excludes halogenated alkanes) is 1. The number of benzene rings is 3. The van der Waals surface area contributed by atoms with Crippen LogP contribution in [0.3, 0.4) is 0 Å². The van der Waals surface area contributed by atoms with E-state index in [-0.39, 0.29) is 24.2 Å². The van der Waals surface area contributed by atoms with Crippen molar-refractivity contribution in [2.45, 2.75) is 52.5 Å². The third-order valence-corrected chi connectivity index (χ3v) is 7.16. The number of carbonyl (C=O) groups excluding carboxylic acids is 1. The van der Waals surface area contributed by atoms with Crippen LogP contribution in [-0.2, 0) is 22.6 Å². The average molecular weight is 602 g/mol. The third kappa shape index (κ3) is 8.56. The smallest absolute Gasteiger partial charge is 0.307 e. The highest BCUT2D eigenvalue weighted by molar-refractivity contribution is 5.97. The monoisotopic (exact) mass is 601 g/mol. The van der Waals surface area contributed by atoms with Gasteiger partial charge in [0.15, 0.2) is 5.78 Å². The first kappa shape index (κ1) is 32.0. The van der Waals surface area contributed by atoms with E-state index in [4.69, 9.17) is 14.6 Å². The summed E-state index contributed by atoms with van der Waals surface area (Å²) >= 11 is 0. The van der Waals surface area contributed by atoms with E-state index in [1.54, 1.807) is 6.92 Å². The molecule has 4 rings (SSSR count). The van der Waals surface area contributed by atoms with E-state index in [0.29, 0.717) is 49.5 Å². The number of carboxylic acids is 2. The number of hydrogen-bond donors (Lipinski definition) is 2. The number of aromatic nitrogens is 1. The van der Waals surface area contributed by atoms with Crippen LogP contribution in [0, 0.1) is 12.7 Å². The van der Waals surface area contributed by atoms with Gasteiger partial charge in [-0.3, -0.25) is 14.4 Å². The number of hydrogen-bond acceptors (Lipinski definition) is 5. The minimum absolute atomic E-state index is 0.0435. The summed E-state index contributed by atoms with van der Waals surface area (Å²) in [5, 5.41) is 19.3. The maximum absolute atomic E-state index is 13.7. The van der Waals surface area contributed by atoms with Crippen molar-refractivity contribution in [1.29, 1.82) is 0 Å². The van der Waals surface area contributed by atoms with Crippen molar-refractivity contribution >= 4 is 40.8 Å². The van der Waals surface area contributed by atoms with Crippen LogP contribution in [-0.4, -0.2) is 45.7 Å². The van der Waals surface area contributed by atoms with Crippen LogP contribution in [0.5, 0.6) is 11.5 Å². The Bertz CT molecular complexity index is 1670. The summed E-state index contributed by atoms with van der Waals surface area (Å²) in [6, 6.07) is 16.0. The van der Waals surface area contributed by atoms with Crippen LogP contribution in [0.4, 0.5) is 4.39 Å². The number of nitrogens with zero attached hydrogens (tertiary/aromatic N) is 1. The predicted octanol–water partition coefficient (Wildman–Crippen LogP) is 7.19. The summed E-state index contributed by atoms with van der Waals surface area (Å²) in [4.78, 5) is 34.3. The molecule has 0 unspecified atom stereocenters. The largest absolute Gasteiger partial charge is 0.494 e. The highest BCUT2D eigenvalue weighted by Gasteiger charge is 2.15. The fourth-order valence-electron chi connectivity index (χ4n) is 5.10. The molecule has 0 amide bonds. The second-order valence-corrected chi connectivity index (χ2v) is 10.6. The number of fused-ring (bicyclic) bond motifs is 1. The quantitative estimate of drug-likeness (QED) is 0.0793. The fraction of sp³-hybridized carbons (Fsp3) is 0.286. The second-order valence-electron chi connectivity index (χ2n) is 10.6. The molecule has 9 heteroatoms. The predicted molar refractivity (Wildman–Crippen MR) is 167 cm³/mol. The third-order valence-electron chi connectivity index (χ3n) is 7.16. The van der Waals surface area contributed by atoms with E-state index in [1.165, 1.54) is 19.1 Å². The van der Waals surface area contributed by atoms with Crippen molar-refractivity contribution < 1.29 is 38.5 Å². The number of carbonyl (C=O) groups is 3. The number of aryl methyl sites for hydroxylation is 2. The Morgan fingerprint density at radius 3 is 2.32 bits per heavy atom. The first-order valence-corrected chi connectivity index (χ1v) is 14.5. The van der Waals surface area contributed by atoms with Gasteiger partial charge in [-0.25, -0.2) is 4.39 Å². The molecule has 0 saturated heterocycles. The van der Waals surface area contributed by atoms with Crippen molar-refractivity contribution in [1.82, 2.24) is 4.57 Å². The van der Waals surface area contributed by atoms with Gasteiger partial charge in [-0.2, -0.15) is 0 Å². The van der Waals surface area contributed by atoms with E-state index in [2.05, 4.69) is 0 Å². The van der Waals surface area contributed by atoms with Gasteiger partial charge in [0.25, 0.3) is 0 Å². The number of carboxylic acid groups (broad SMARTS) is 2. The molecular formula is C35H36FNO7. The Labute approximate surface area is 255 Å². The Kier molecular flexibility index (Phi) is 10.9. The van der Waals surface area contributed by atoms with Gasteiger partial charge in [-0.1, -0.05) is 36.4 Å². The molecule has 0 radical (unpaired) electrons. The van der Waals surface area contributed by atoms with E-state index in [1.807, 2.05) is 65.4 Å². The van der Waals surface area contributed by atoms with Crippen molar-refractivity contribution in [2.75, 3.05) is 13.2 Å². The highest BCUT2D eigenvalue weighted by atomic mass is 19.1. The number of ether oxygens (including phenoxy) is 2. The van der Waals surface area contributed by atoms with Gasteiger partial charge in [0.1, 0.15) is 17.3 Å². The summed E-state index contributed by atoms with van der Waals surface area (Å²) < 4.78 is 27.2. The Morgan fingerprint density at radius 1 is 0.909 bits per heavy atom. The molecule has 0 aliphatic heterocycles. The minimum atomic E-state index is -0.929. The lowest BCUT2D eigenvalue weighted by Gasteiger charge is -2.13. The SMILES string of the molecule is CC(=O)c1cc(F)cc(C)c1OCCCCOc1ccc(C=Cc2cccc3c2c(CC(=O)O)cn3CCCC(=O)O)cc1. The van der Waals surface area contributed by atoms with Crippen molar-refractivity contribution in [3.05, 3.63) is 94.4 Å². The van der Waals surface area contributed by atoms with Crippen LogP contribution in [0.25, 0.3) is 23.1 Å². The molecule has 0 saturated carbocycles. The maximum atomic E-state index is 13.7. The molecule has 230 valence electrons. The van der Waals surface area contributed by atoms with E-state index >= 15 is 0 Å². The minimum Gasteiger partial charge on any atom is -0.494 e. The molecule has 3 aromatic carbocycles. The Balaban J connectivity index is 1.33. The molecule has 1 heterocycles. The number of ketones is 1. The maximum Gasteiger partial charge on any atom is 0.307 e. The van der Waals surface area contributed by atoms with Gasteiger partial charge in [-0.15, -0.1) is 0 Å². The molecular weight excluding hydrogens is 565 g/mol. The first-order valence-electron chi connectivity index (χ1n) is 14.5. The number of aliphatic carboxylic acids is 2. The van der Waals surface area contributed by atoms with Crippen LogP contribution in [0.1, 0.15) is 65.2 Å². The lowest BCUT2D eigenvalue weighted by molar-refractivity contribution is -0.137. The van der Waals surface area contributed by atoms with Crippen molar-refractivity contribution in [2.24, 2.45) is 0 Å². The highest BCUT2D eigenvalue weighted by Crippen LogP contribution is 2.29. The topological polar surface area (TPSA) is 115 Å². The normalized spacial score (nSPS) is 11.2. The van der Waals surface area contributed by atoms with E-state index < -0.39 is 17.8 Å². The fourth-order valence-corrected chi connectivity index (χ4v) is 5.10. The Morgan fingerprint density at radius 2 is 1.64 bits per heavy atom. The van der Waals surface area contributed by atoms with Gasteiger partial charge in [0.05, 0.1) is 25.2 Å². The van der Waals surface area contributed by atoms with Gasteiger partial charge in [-0.05, 0) is 85.7 Å². The molecule has 0 aliphatic carbocycles. The number of rotatable bonds is 16. The molecule has 0 spiro atoms. The van der Waals surface area contributed by atoms with E-state index in [0.717, 1.165) is 34.2 Å². The standard InChI is InChI=1S/C35H36FNO7/c1-23-19-28(36)21-30(24(2)38)35(23)44-18-4-3-17-43-29-14-11-25(12-15-29)10-13-26-7-5-8-31-34(26)27(20-33(41)42)22-37(31)16-6-9-32(39)40/h5,7-8,10-15,19,21-22H,3-4,6,9,16-18,20H2,1-2H3,(H,39,40)(H,41,42). The lowest BCUT2D eigenvalue weighted by atomic mass is 10.0. The molecule has 4 aromatic rings. The second kappa shape index (κ2) is 15.0. The van der Waals surface area contributed by atoms with Gasteiger partial charge < -0.3 is 24.3 Å². The zero-order valence-corrected chi connectivity index (χ0v) is 24.8. The van der Waals surface area contributed by atoms with Gasteiger partial charge in [0.2, 0.25) is 0 Å². The average Bonchev–Trinajstić information content (AvgIpc) is 3.31. The molecule has 0 atom stereocenters. The summed E-state index contributed by atoms with van der Waals surface area (Å²) in [6.07, 6.45) is 7.51. The molecule has 2 N–H and O–H groups in total. The van der Waals surface area contributed by atoms with Gasteiger partial charge in [0, 0.05) is 30.1 Å². The molecule has 0 aliphatic rings. The molecule has 0 bridgehead atoms. The Hall–Kier alpha value is -4.92. The van der Waals surface area contributed by atoms with Crippen molar-refractivity contribution in [3.8, 4) is 11.5 Å². The summed E-state index contributed by atoms with van der Waals surface area (Å²) in [7, 11) is 0. The van der Waals surface area contributed by atoms with Crippen LogP contribution < -0.4 is 9.47 Å². The molecule has 1 aromatic heterocycles. The van der Waals surface area contributed by atoms with Crippen LogP contribution in [0.2, 0.25) is 0 Å². The zero-order valence-electron chi connectivity index (χ0n) is 24.8. The molecule has 8 nitrogen and oxygen atoms in total. The zero-order chi connectivity index (χ0) is 31.6. The van der Waals surface area contributed by atoms with Crippen molar-refractivity contribution in [3.63, 3.8) is 0 Å². The van der Waals surface area contributed by atoms with Gasteiger partial charge >= 0.3 is 11.9 Å². The lowest BCUT2D eigenvalue weighted by Crippen LogP contribution is -2.07. The number of Topliss-reactive ketones (excluding diaryl/α,β-unsaturated/α-hetero) is 1. The summed E-state index contributed by atoms with van der Waals surface area (Å²) in [6.45, 7) is 4.46. The summed E-state index contributed by atoms with van der Waals surface area (Å²) in [5.74, 6) is -1.35. The van der Waals surface area contributed by atoms with Crippen LogP contribution in [0.15, 0.2) is 60.8 Å². The first-order chi connectivity index (χ1) is 21.1.